The van der Waals surface area contributed by atoms with Gasteiger partial charge in [-0.25, -0.2) is 12.8 Å². The summed E-state index contributed by atoms with van der Waals surface area (Å²) in [6, 6.07) is 4.61. The largest absolute Gasteiger partial charge is 0.381 e. The lowest BCUT2D eigenvalue weighted by atomic mass is 10.2. The second-order valence-electron chi connectivity index (χ2n) is 4.72. The molecule has 0 fully saturated rings. The molecule has 1 atom stereocenters. The molecule has 0 radical (unpaired) electrons. The van der Waals surface area contributed by atoms with Crippen LogP contribution in [0.4, 0.5) is 4.39 Å². The molecule has 124 valence electrons. The van der Waals surface area contributed by atoms with Crippen molar-refractivity contribution in [1.29, 1.82) is 0 Å². The number of nitrogens with zero attached hydrogens (tertiary/aromatic N) is 3. The smallest absolute Gasteiger partial charge is 0.208 e. The van der Waals surface area contributed by atoms with Crippen LogP contribution >= 0.6 is 11.3 Å². The highest BCUT2D eigenvalue weighted by Crippen LogP contribution is 2.28. The quantitative estimate of drug-likeness (QED) is 0.668. The topological polar surface area (TPSA) is 109 Å². The SMILES string of the molecule is O=S(=O)(c1ccc(F)cc1)c1cscc1C=CC(O)c1nn[nH]n1. The highest BCUT2D eigenvalue weighted by molar-refractivity contribution is 7.91. The number of aromatic amines is 1. The van der Waals surface area contributed by atoms with Crippen LogP contribution in [-0.4, -0.2) is 34.1 Å². The number of H-pyrrole nitrogens is 1. The number of hydrogen-bond acceptors (Lipinski definition) is 7. The van der Waals surface area contributed by atoms with Crippen LogP contribution in [0.15, 0.2) is 50.9 Å². The summed E-state index contributed by atoms with van der Waals surface area (Å²) in [4.78, 5) is 0.0753. The van der Waals surface area contributed by atoms with Crippen molar-refractivity contribution in [1.82, 2.24) is 20.6 Å². The third-order valence-corrected chi connectivity index (χ3v) is 5.89. The third-order valence-electron chi connectivity index (χ3n) is 3.15. The predicted octanol–water partition coefficient (Wildman–Crippen LogP) is 1.98. The van der Waals surface area contributed by atoms with E-state index in [0.29, 0.717) is 5.56 Å². The summed E-state index contributed by atoms with van der Waals surface area (Å²) in [6.07, 6.45) is 1.70. The minimum Gasteiger partial charge on any atom is -0.381 e. The van der Waals surface area contributed by atoms with Crippen molar-refractivity contribution in [2.24, 2.45) is 0 Å². The molecule has 1 aromatic carbocycles. The average molecular weight is 366 g/mol. The average Bonchev–Trinajstić information content (AvgIpc) is 3.24. The zero-order valence-electron chi connectivity index (χ0n) is 12.0. The van der Waals surface area contributed by atoms with Crippen LogP contribution in [0.2, 0.25) is 0 Å². The van der Waals surface area contributed by atoms with Crippen LogP contribution in [0.1, 0.15) is 17.5 Å². The van der Waals surface area contributed by atoms with E-state index in [1.165, 1.54) is 41.0 Å². The molecule has 0 saturated heterocycles. The van der Waals surface area contributed by atoms with Gasteiger partial charge in [-0.3, -0.25) is 0 Å². The second kappa shape index (κ2) is 6.59. The number of aromatic nitrogens is 4. The number of aliphatic hydroxyl groups is 1. The van der Waals surface area contributed by atoms with Gasteiger partial charge in [0.2, 0.25) is 15.7 Å². The molecule has 24 heavy (non-hydrogen) atoms. The Labute approximate surface area is 140 Å². The van der Waals surface area contributed by atoms with E-state index < -0.39 is 21.8 Å². The molecule has 2 heterocycles. The van der Waals surface area contributed by atoms with E-state index in [0.717, 1.165) is 12.1 Å². The summed E-state index contributed by atoms with van der Waals surface area (Å²) < 4.78 is 38.3. The van der Waals surface area contributed by atoms with E-state index in [2.05, 4.69) is 20.6 Å². The van der Waals surface area contributed by atoms with Crippen molar-refractivity contribution < 1.29 is 17.9 Å². The fourth-order valence-corrected chi connectivity index (χ4v) is 4.57. The standard InChI is InChI=1S/C14H11FN4O3S2/c15-10-2-4-11(5-3-10)24(21,22)13-8-23-7-9(13)1-6-12(20)14-16-18-19-17-14/h1-8,12,20H,(H,16,17,18,19). The Morgan fingerprint density at radius 1 is 1.25 bits per heavy atom. The molecule has 3 rings (SSSR count). The summed E-state index contributed by atoms with van der Waals surface area (Å²) >= 11 is 1.20. The summed E-state index contributed by atoms with van der Waals surface area (Å²) in [6.45, 7) is 0. The molecule has 0 saturated carbocycles. The molecule has 0 amide bonds. The van der Waals surface area contributed by atoms with Crippen LogP contribution in [0.3, 0.4) is 0 Å². The molecule has 7 nitrogen and oxygen atoms in total. The molecule has 1 unspecified atom stereocenters. The van der Waals surface area contributed by atoms with Gasteiger partial charge in [-0.2, -0.15) is 16.6 Å². The Balaban J connectivity index is 1.91. The maximum absolute atomic E-state index is 13.0. The van der Waals surface area contributed by atoms with Gasteiger partial charge in [0.15, 0.2) is 0 Å². The number of benzene rings is 1. The van der Waals surface area contributed by atoms with Crippen LogP contribution in [0.5, 0.6) is 0 Å². The molecule has 3 aromatic rings. The van der Waals surface area contributed by atoms with E-state index in [9.17, 15) is 17.9 Å². The maximum atomic E-state index is 13.0. The van der Waals surface area contributed by atoms with E-state index >= 15 is 0 Å². The molecule has 0 bridgehead atoms. The molecule has 0 aliphatic carbocycles. The van der Waals surface area contributed by atoms with E-state index in [1.54, 1.807) is 5.38 Å². The van der Waals surface area contributed by atoms with Crippen molar-refractivity contribution >= 4 is 27.3 Å². The van der Waals surface area contributed by atoms with Gasteiger partial charge in [-0.1, -0.05) is 11.3 Å². The number of halogens is 1. The first kappa shape index (κ1) is 16.4. The summed E-state index contributed by atoms with van der Waals surface area (Å²) in [5.74, 6) is -0.438. The van der Waals surface area contributed by atoms with Gasteiger partial charge in [0, 0.05) is 10.9 Å². The molecule has 0 aliphatic heterocycles. The number of thiophene rings is 1. The lowest BCUT2D eigenvalue weighted by molar-refractivity contribution is 0.219. The molecule has 10 heteroatoms. The maximum Gasteiger partial charge on any atom is 0.208 e. The number of hydrogen-bond donors (Lipinski definition) is 2. The Hall–Kier alpha value is -2.43. The van der Waals surface area contributed by atoms with Gasteiger partial charge >= 0.3 is 0 Å². The summed E-state index contributed by atoms with van der Waals surface area (Å²) in [5, 5.41) is 25.9. The summed E-state index contributed by atoms with van der Waals surface area (Å²) in [7, 11) is -3.78. The number of nitrogens with one attached hydrogen (secondary N) is 1. The van der Waals surface area contributed by atoms with Crippen molar-refractivity contribution in [3.8, 4) is 0 Å². The van der Waals surface area contributed by atoms with E-state index in [-0.39, 0.29) is 15.6 Å². The number of tetrazole rings is 1. The van der Waals surface area contributed by atoms with Crippen LogP contribution in [-0.2, 0) is 9.84 Å². The fourth-order valence-electron chi connectivity index (χ4n) is 1.95. The number of rotatable bonds is 5. The normalized spacial score (nSPS) is 13.4. The zero-order chi connectivity index (χ0) is 17.2. The first-order valence-electron chi connectivity index (χ1n) is 6.65. The van der Waals surface area contributed by atoms with Gasteiger partial charge in [0.1, 0.15) is 11.9 Å². The highest BCUT2D eigenvalue weighted by atomic mass is 32.2. The zero-order valence-corrected chi connectivity index (χ0v) is 13.6. The van der Waals surface area contributed by atoms with Gasteiger partial charge in [0.25, 0.3) is 0 Å². The van der Waals surface area contributed by atoms with E-state index in [1.807, 2.05) is 0 Å². The van der Waals surface area contributed by atoms with E-state index in [4.69, 9.17) is 0 Å². The lowest BCUT2D eigenvalue weighted by Crippen LogP contribution is -2.02. The molecular weight excluding hydrogens is 355 g/mol. The molecule has 0 aliphatic rings. The summed E-state index contributed by atoms with van der Waals surface area (Å²) in [5.41, 5.74) is 0.409. The third kappa shape index (κ3) is 3.25. The van der Waals surface area contributed by atoms with Gasteiger partial charge in [0.05, 0.1) is 9.79 Å². The second-order valence-corrected chi connectivity index (χ2v) is 7.38. The van der Waals surface area contributed by atoms with Crippen molar-refractivity contribution in [2.75, 3.05) is 0 Å². The number of sulfone groups is 1. The van der Waals surface area contributed by atoms with Crippen molar-refractivity contribution in [3.63, 3.8) is 0 Å². The lowest BCUT2D eigenvalue weighted by Gasteiger charge is -2.04. The molecule has 2 aromatic heterocycles. The Kier molecular flexibility index (Phi) is 4.51. The highest BCUT2D eigenvalue weighted by Gasteiger charge is 2.21. The van der Waals surface area contributed by atoms with Crippen LogP contribution in [0, 0.1) is 5.82 Å². The van der Waals surface area contributed by atoms with Crippen LogP contribution < -0.4 is 0 Å². The Bertz CT molecular complexity index is 950. The van der Waals surface area contributed by atoms with Gasteiger partial charge < -0.3 is 5.11 Å². The van der Waals surface area contributed by atoms with Crippen molar-refractivity contribution in [2.45, 2.75) is 15.9 Å². The Morgan fingerprint density at radius 2 is 2.00 bits per heavy atom. The molecule has 2 N–H and O–H groups in total. The minimum absolute atomic E-state index is 0.00401. The van der Waals surface area contributed by atoms with Gasteiger partial charge in [-0.15, -0.1) is 10.2 Å². The number of aliphatic hydroxyl groups excluding tert-OH is 1. The first-order valence-corrected chi connectivity index (χ1v) is 9.07. The monoisotopic (exact) mass is 366 g/mol. The fraction of sp³-hybridized carbons (Fsp3) is 0.0714. The molecule has 0 spiro atoms. The Morgan fingerprint density at radius 3 is 2.67 bits per heavy atom. The van der Waals surface area contributed by atoms with Crippen LogP contribution in [0.25, 0.3) is 6.08 Å². The van der Waals surface area contributed by atoms with Gasteiger partial charge in [-0.05, 0) is 35.7 Å². The predicted molar refractivity (Wildman–Crippen MR) is 84.3 cm³/mol. The molecular formula is C14H11FN4O3S2. The first-order chi connectivity index (χ1) is 11.5. The van der Waals surface area contributed by atoms with Crippen molar-refractivity contribution in [3.05, 3.63) is 58.3 Å². The minimum atomic E-state index is -3.78.